The van der Waals surface area contributed by atoms with Crippen LogP contribution in [0.2, 0.25) is 0 Å². The first kappa shape index (κ1) is 14.7. The van der Waals surface area contributed by atoms with Crippen LogP contribution in [0.25, 0.3) is 11.3 Å². The van der Waals surface area contributed by atoms with Crippen molar-refractivity contribution >= 4 is 11.6 Å². The summed E-state index contributed by atoms with van der Waals surface area (Å²) in [5, 5.41) is 3.27. The van der Waals surface area contributed by atoms with Crippen molar-refractivity contribution in [2.75, 3.05) is 43.1 Å². The Morgan fingerprint density at radius 3 is 2.77 bits per heavy atom. The molecular formula is C16H21N5O. The molecule has 1 N–H and O–H groups in total. The third kappa shape index (κ3) is 3.51. The Morgan fingerprint density at radius 1 is 1.18 bits per heavy atom. The van der Waals surface area contributed by atoms with E-state index in [2.05, 4.69) is 38.2 Å². The lowest BCUT2D eigenvalue weighted by atomic mass is 10.2. The van der Waals surface area contributed by atoms with Gasteiger partial charge in [-0.05, 0) is 18.6 Å². The third-order valence-corrected chi connectivity index (χ3v) is 3.60. The molecule has 0 saturated carbocycles. The van der Waals surface area contributed by atoms with Gasteiger partial charge in [0.25, 0.3) is 0 Å². The van der Waals surface area contributed by atoms with E-state index in [9.17, 15) is 0 Å². The van der Waals surface area contributed by atoms with Gasteiger partial charge in [0.05, 0.1) is 18.9 Å². The highest BCUT2D eigenvalue weighted by Crippen LogP contribution is 2.21. The van der Waals surface area contributed by atoms with Crippen molar-refractivity contribution in [3.63, 3.8) is 0 Å². The summed E-state index contributed by atoms with van der Waals surface area (Å²) in [5.74, 6) is 1.84. The minimum Gasteiger partial charge on any atom is -0.378 e. The van der Waals surface area contributed by atoms with E-state index in [0.717, 1.165) is 62.2 Å². The summed E-state index contributed by atoms with van der Waals surface area (Å²) in [4.78, 5) is 15.4. The summed E-state index contributed by atoms with van der Waals surface area (Å²) in [5.41, 5.74) is 1.88. The summed E-state index contributed by atoms with van der Waals surface area (Å²) >= 11 is 0. The van der Waals surface area contributed by atoms with Crippen molar-refractivity contribution in [2.24, 2.45) is 0 Å². The van der Waals surface area contributed by atoms with Gasteiger partial charge in [0, 0.05) is 37.5 Å². The third-order valence-electron chi connectivity index (χ3n) is 3.60. The zero-order chi connectivity index (χ0) is 15.2. The second kappa shape index (κ2) is 7.17. The van der Waals surface area contributed by atoms with Crippen molar-refractivity contribution in [2.45, 2.75) is 13.3 Å². The molecule has 1 saturated heterocycles. The Labute approximate surface area is 130 Å². The number of rotatable bonds is 5. The van der Waals surface area contributed by atoms with E-state index >= 15 is 0 Å². The fourth-order valence-corrected chi connectivity index (χ4v) is 2.38. The molecule has 2 aromatic rings. The lowest BCUT2D eigenvalue weighted by Crippen LogP contribution is -2.36. The Kier molecular flexibility index (Phi) is 4.80. The molecule has 2 aromatic heterocycles. The Hall–Kier alpha value is -2.21. The predicted octanol–water partition coefficient (Wildman–Crippen LogP) is 2.20. The van der Waals surface area contributed by atoms with Crippen LogP contribution in [-0.4, -0.2) is 47.8 Å². The van der Waals surface area contributed by atoms with E-state index in [4.69, 9.17) is 4.74 Å². The smallest absolute Gasteiger partial charge is 0.129 e. The molecule has 0 spiro atoms. The molecule has 116 valence electrons. The number of nitrogens with one attached hydrogen (secondary N) is 1. The van der Waals surface area contributed by atoms with E-state index in [0.29, 0.717) is 0 Å². The van der Waals surface area contributed by atoms with Gasteiger partial charge in [-0.3, -0.25) is 0 Å². The molecule has 0 bridgehead atoms. The van der Waals surface area contributed by atoms with Crippen LogP contribution >= 0.6 is 0 Å². The van der Waals surface area contributed by atoms with E-state index < -0.39 is 0 Å². The maximum atomic E-state index is 5.37. The molecule has 0 aromatic carbocycles. The molecular weight excluding hydrogens is 278 g/mol. The molecule has 6 heteroatoms. The maximum absolute atomic E-state index is 5.37. The number of morpholine rings is 1. The van der Waals surface area contributed by atoms with Crippen molar-refractivity contribution in [3.05, 3.63) is 30.7 Å². The van der Waals surface area contributed by atoms with Crippen LogP contribution in [0.3, 0.4) is 0 Å². The van der Waals surface area contributed by atoms with Crippen LogP contribution in [0.15, 0.2) is 30.7 Å². The minimum absolute atomic E-state index is 0.766. The molecule has 3 rings (SSSR count). The number of aromatic nitrogens is 3. The van der Waals surface area contributed by atoms with Crippen molar-refractivity contribution in [1.82, 2.24) is 15.0 Å². The number of anilines is 2. The number of hydrogen-bond acceptors (Lipinski definition) is 6. The summed E-state index contributed by atoms with van der Waals surface area (Å²) < 4.78 is 5.37. The highest BCUT2D eigenvalue weighted by Gasteiger charge is 2.12. The molecule has 3 heterocycles. The molecule has 1 aliphatic heterocycles. The molecule has 22 heavy (non-hydrogen) atoms. The first-order valence-electron chi connectivity index (χ1n) is 7.72. The highest BCUT2D eigenvalue weighted by atomic mass is 16.5. The first-order valence-corrected chi connectivity index (χ1v) is 7.72. The van der Waals surface area contributed by atoms with Crippen molar-refractivity contribution < 1.29 is 4.74 Å². The SMILES string of the molecule is CCCNc1cc(-c2ccc(N3CCOCC3)nc2)ncn1. The number of pyridine rings is 1. The van der Waals surface area contributed by atoms with E-state index in [-0.39, 0.29) is 0 Å². The topological polar surface area (TPSA) is 63.2 Å². The van der Waals surface area contributed by atoms with Crippen LogP contribution in [0.4, 0.5) is 11.6 Å². The van der Waals surface area contributed by atoms with Crippen LogP contribution in [0.5, 0.6) is 0 Å². The molecule has 1 fully saturated rings. The lowest BCUT2D eigenvalue weighted by molar-refractivity contribution is 0.122. The maximum Gasteiger partial charge on any atom is 0.129 e. The average molecular weight is 299 g/mol. The van der Waals surface area contributed by atoms with Crippen LogP contribution in [0, 0.1) is 0 Å². The predicted molar refractivity (Wildman–Crippen MR) is 87.1 cm³/mol. The zero-order valence-electron chi connectivity index (χ0n) is 12.8. The van der Waals surface area contributed by atoms with Gasteiger partial charge in [-0.1, -0.05) is 6.92 Å². The molecule has 0 aliphatic carbocycles. The first-order chi connectivity index (χ1) is 10.9. The van der Waals surface area contributed by atoms with Crippen molar-refractivity contribution in [1.29, 1.82) is 0 Å². The van der Waals surface area contributed by atoms with Gasteiger partial charge < -0.3 is 15.0 Å². The van der Waals surface area contributed by atoms with Crippen molar-refractivity contribution in [3.8, 4) is 11.3 Å². The van der Waals surface area contributed by atoms with Gasteiger partial charge in [-0.2, -0.15) is 0 Å². The molecule has 0 atom stereocenters. The van der Waals surface area contributed by atoms with E-state index in [1.54, 1.807) is 6.33 Å². The fourth-order valence-electron chi connectivity index (χ4n) is 2.38. The largest absolute Gasteiger partial charge is 0.378 e. The second-order valence-corrected chi connectivity index (χ2v) is 5.22. The summed E-state index contributed by atoms with van der Waals surface area (Å²) in [6.45, 7) is 6.35. The Balaban J connectivity index is 1.74. The minimum atomic E-state index is 0.766. The average Bonchev–Trinajstić information content (AvgIpc) is 2.61. The summed E-state index contributed by atoms with van der Waals surface area (Å²) in [6.07, 6.45) is 4.52. The van der Waals surface area contributed by atoms with Gasteiger partial charge in [-0.25, -0.2) is 15.0 Å². The van der Waals surface area contributed by atoms with E-state index in [1.807, 2.05) is 18.3 Å². The van der Waals surface area contributed by atoms with Gasteiger partial charge in [0.15, 0.2) is 0 Å². The van der Waals surface area contributed by atoms with Gasteiger partial charge in [-0.15, -0.1) is 0 Å². The standard InChI is InChI=1S/C16H21N5O/c1-2-5-17-15-10-14(19-12-20-15)13-3-4-16(18-11-13)21-6-8-22-9-7-21/h3-4,10-12H,2,5-9H2,1H3,(H,17,19,20). The zero-order valence-corrected chi connectivity index (χ0v) is 12.8. The van der Waals surface area contributed by atoms with Crippen LogP contribution in [0.1, 0.15) is 13.3 Å². The molecule has 1 aliphatic rings. The fraction of sp³-hybridized carbons (Fsp3) is 0.438. The van der Waals surface area contributed by atoms with E-state index in [1.165, 1.54) is 0 Å². The quantitative estimate of drug-likeness (QED) is 0.913. The Bertz CT molecular complexity index is 596. The second-order valence-electron chi connectivity index (χ2n) is 5.22. The monoisotopic (exact) mass is 299 g/mol. The van der Waals surface area contributed by atoms with Gasteiger partial charge >= 0.3 is 0 Å². The molecule has 0 unspecified atom stereocenters. The van der Waals surface area contributed by atoms with Gasteiger partial charge in [0.1, 0.15) is 18.0 Å². The number of ether oxygens (including phenoxy) is 1. The summed E-state index contributed by atoms with van der Waals surface area (Å²) in [7, 11) is 0. The molecule has 0 amide bonds. The summed E-state index contributed by atoms with van der Waals surface area (Å²) in [6, 6.07) is 6.06. The Morgan fingerprint density at radius 2 is 2.05 bits per heavy atom. The van der Waals surface area contributed by atoms with Crippen LogP contribution < -0.4 is 10.2 Å². The molecule has 0 radical (unpaired) electrons. The van der Waals surface area contributed by atoms with Crippen LogP contribution in [-0.2, 0) is 4.74 Å². The van der Waals surface area contributed by atoms with Gasteiger partial charge in [0.2, 0.25) is 0 Å². The molecule has 6 nitrogen and oxygen atoms in total. The number of nitrogens with zero attached hydrogens (tertiary/aromatic N) is 4. The normalized spacial score (nSPS) is 14.9. The number of hydrogen-bond donors (Lipinski definition) is 1. The lowest BCUT2D eigenvalue weighted by Gasteiger charge is -2.27. The highest BCUT2D eigenvalue weighted by molar-refractivity contribution is 5.62.